The summed E-state index contributed by atoms with van der Waals surface area (Å²) >= 11 is 0. The standard InChI is InChI=1S/C19H14O3/c20-14-10-11-16-18(12-14)22-17-9-5-4-8-15(17)19(16,21)13-6-2-1-3-7-13/h1-12,20-21H. The minimum atomic E-state index is -1.31. The minimum absolute atomic E-state index is 0.105. The topological polar surface area (TPSA) is 49.7 Å². The fraction of sp³-hybridized carbons (Fsp3) is 0.0526. The average Bonchev–Trinajstić information content (AvgIpc) is 2.55. The first-order valence-electron chi connectivity index (χ1n) is 7.08. The smallest absolute Gasteiger partial charge is 0.147 e. The van der Waals surface area contributed by atoms with Crippen LogP contribution in [0.1, 0.15) is 16.7 Å². The molecule has 3 aromatic rings. The van der Waals surface area contributed by atoms with E-state index in [2.05, 4.69) is 0 Å². The van der Waals surface area contributed by atoms with Gasteiger partial charge in [0.05, 0.1) is 0 Å². The van der Waals surface area contributed by atoms with E-state index in [9.17, 15) is 10.2 Å². The molecule has 4 rings (SSSR count). The lowest BCUT2D eigenvalue weighted by Crippen LogP contribution is -2.32. The molecule has 108 valence electrons. The number of para-hydroxylation sites is 1. The van der Waals surface area contributed by atoms with E-state index in [4.69, 9.17) is 4.74 Å². The zero-order valence-corrected chi connectivity index (χ0v) is 11.7. The number of hydrogen-bond donors (Lipinski definition) is 2. The molecule has 1 aliphatic rings. The van der Waals surface area contributed by atoms with Gasteiger partial charge >= 0.3 is 0 Å². The Kier molecular flexibility index (Phi) is 2.71. The summed E-state index contributed by atoms with van der Waals surface area (Å²) in [6.45, 7) is 0. The number of fused-ring (bicyclic) bond motifs is 2. The van der Waals surface area contributed by atoms with E-state index < -0.39 is 5.60 Å². The number of aliphatic hydroxyl groups is 1. The van der Waals surface area contributed by atoms with Crippen LogP contribution in [0.5, 0.6) is 17.2 Å². The Balaban J connectivity index is 2.06. The van der Waals surface area contributed by atoms with Crippen molar-refractivity contribution in [1.82, 2.24) is 0 Å². The van der Waals surface area contributed by atoms with Gasteiger partial charge in [0.25, 0.3) is 0 Å². The molecule has 3 heteroatoms. The van der Waals surface area contributed by atoms with Crippen LogP contribution >= 0.6 is 0 Å². The summed E-state index contributed by atoms with van der Waals surface area (Å²) in [7, 11) is 0. The van der Waals surface area contributed by atoms with Crippen LogP contribution in [0.25, 0.3) is 0 Å². The van der Waals surface area contributed by atoms with Crippen molar-refractivity contribution in [3.63, 3.8) is 0 Å². The van der Waals surface area contributed by atoms with Crippen molar-refractivity contribution in [1.29, 1.82) is 0 Å². The third kappa shape index (κ3) is 1.73. The Morgan fingerprint density at radius 2 is 1.41 bits per heavy atom. The number of rotatable bonds is 1. The third-order valence-corrected chi connectivity index (χ3v) is 4.04. The van der Waals surface area contributed by atoms with Gasteiger partial charge in [-0.3, -0.25) is 0 Å². The van der Waals surface area contributed by atoms with Gasteiger partial charge in [-0.2, -0.15) is 0 Å². The zero-order valence-electron chi connectivity index (χ0n) is 11.7. The Morgan fingerprint density at radius 3 is 2.23 bits per heavy atom. The summed E-state index contributed by atoms with van der Waals surface area (Å²) in [6.07, 6.45) is 0. The molecule has 22 heavy (non-hydrogen) atoms. The maximum Gasteiger partial charge on any atom is 0.147 e. The molecule has 0 bridgehead atoms. The molecule has 1 heterocycles. The van der Waals surface area contributed by atoms with Crippen molar-refractivity contribution >= 4 is 0 Å². The molecule has 3 nitrogen and oxygen atoms in total. The summed E-state index contributed by atoms with van der Waals surface area (Å²) in [6, 6.07) is 21.7. The van der Waals surface area contributed by atoms with Crippen molar-refractivity contribution in [2.75, 3.05) is 0 Å². The van der Waals surface area contributed by atoms with Crippen LogP contribution in [-0.4, -0.2) is 10.2 Å². The van der Waals surface area contributed by atoms with Gasteiger partial charge in [-0.25, -0.2) is 0 Å². The first-order valence-corrected chi connectivity index (χ1v) is 7.08. The van der Waals surface area contributed by atoms with Crippen LogP contribution in [0.2, 0.25) is 0 Å². The molecule has 0 aromatic heterocycles. The van der Waals surface area contributed by atoms with Crippen LogP contribution in [-0.2, 0) is 5.60 Å². The summed E-state index contributed by atoms with van der Waals surface area (Å²) < 4.78 is 5.86. The van der Waals surface area contributed by atoms with Gasteiger partial charge in [0.15, 0.2) is 0 Å². The van der Waals surface area contributed by atoms with Crippen LogP contribution in [0.3, 0.4) is 0 Å². The molecular formula is C19H14O3. The average molecular weight is 290 g/mol. The van der Waals surface area contributed by atoms with Gasteiger partial charge in [-0.05, 0) is 23.8 Å². The molecule has 0 aliphatic carbocycles. The first-order chi connectivity index (χ1) is 10.7. The van der Waals surface area contributed by atoms with Crippen LogP contribution in [0, 0.1) is 0 Å². The van der Waals surface area contributed by atoms with Gasteiger partial charge in [-0.15, -0.1) is 0 Å². The fourth-order valence-corrected chi connectivity index (χ4v) is 3.00. The Bertz CT molecular complexity index is 842. The summed E-state index contributed by atoms with van der Waals surface area (Å²) in [5.74, 6) is 1.16. The predicted octanol–water partition coefficient (Wildman–Crippen LogP) is 3.78. The number of phenols is 1. The quantitative estimate of drug-likeness (QED) is 0.717. The Morgan fingerprint density at radius 1 is 0.727 bits per heavy atom. The van der Waals surface area contributed by atoms with Gasteiger partial charge in [0.1, 0.15) is 22.8 Å². The van der Waals surface area contributed by atoms with E-state index in [1.54, 1.807) is 12.1 Å². The molecule has 1 aliphatic heterocycles. The molecule has 3 aromatic carbocycles. The maximum absolute atomic E-state index is 11.6. The maximum atomic E-state index is 11.6. The van der Waals surface area contributed by atoms with Crippen LogP contribution in [0.15, 0.2) is 72.8 Å². The van der Waals surface area contributed by atoms with Gasteiger partial charge in [0.2, 0.25) is 0 Å². The largest absolute Gasteiger partial charge is 0.508 e. The normalized spacial score (nSPS) is 19.0. The second-order valence-corrected chi connectivity index (χ2v) is 5.36. The molecular weight excluding hydrogens is 276 g/mol. The minimum Gasteiger partial charge on any atom is -0.508 e. The second kappa shape index (κ2) is 4.61. The van der Waals surface area contributed by atoms with Crippen molar-refractivity contribution in [3.05, 3.63) is 89.5 Å². The number of ether oxygens (including phenoxy) is 1. The molecule has 0 radical (unpaired) electrons. The van der Waals surface area contributed by atoms with Crippen molar-refractivity contribution in [3.8, 4) is 17.2 Å². The van der Waals surface area contributed by atoms with Gasteiger partial charge in [0, 0.05) is 17.2 Å². The highest BCUT2D eigenvalue weighted by molar-refractivity contribution is 5.61. The molecule has 1 atom stereocenters. The second-order valence-electron chi connectivity index (χ2n) is 5.36. The molecule has 0 saturated carbocycles. The van der Waals surface area contributed by atoms with E-state index in [1.807, 2.05) is 54.6 Å². The van der Waals surface area contributed by atoms with Gasteiger partial charge in [-0.1, -0.05) is 48.5 Å². The molecule has 0 spiro atoms. The number of benzene rings is 3. The monoisotopic (exact) mass is 290 g/mol. The lowest BCUT2D eigenvalue weighted by Gasteiger charge is -2.36. The van der Waals surface area contributed by atoms with E-state index >= 15 is 0 Å². The highest BCUT2D eigenvalue weighted by atomic mass is 16.5. The molecule has 1 unspecified atom stereocenters. The Hall–Kier alpha value is -2.78. The van der Waals surface area contributed by atoms with Crippen LogP contribution in [0.4, 0.5) is 0 Å². The summed E-state index contributed by atoms with van der Waals surface area (Å²) in [5, 5.41) is 21.3. The number of phenolic OH excluding ortho intramolecular Hbond substituents is 1. The third-order valence-electron chi connectivity index (χ3n) is 4.04. The van der Waals surface area contributed by atoms with Crippen LogP contribution < -0.4 is 4.74 Å². The predicted molar refractivity (Wildman–Crippen MR) is 83.2 cm³/mol. The lowest BCUT2D eigenvalue weighted by atomic mass is 9.78. The van der Waals surface area contributed by atoms with E-state index in [0.717, 1.165) is 5.56 Å². The SMILES string of the molecule is Oc1ccc2c(c1)Oc1ccccc1C2(O)c1ccccc1. The highest BCUT2D eigenvalue weighted by Gasteiger charge is 2.41. The fourth-order valence-electron chi connectivity index (χ4n) is 3.00. The van der Waals surface area contributed by atoms with E-state index in [1.165, 1.54) is 6.07 Å². The molecule has 2 N–H and O–H groups in total. The first kappa shape index (κ1) is 12.9. The van der Waals surface area contributed by atoms with Crippen molar-refractivity contribution in [2.45, 2.75) is 5.60 Å². The summed E-state index contributed by atoms with van der Waals surface area (Å²) in [4.78, 5) is 0. The molecule has 0 saturated heterocycles. The van der Waals surface area contributed by atoms with Crippen molar-refractivity contribution < 1.29 is 14.9 Å². The van der Waals surface area contributed by atoms with Crippen molar-refractivity contribution in [2.24, 2.45) is 0 Å². The number of aromatic hydroxyl groups is 1. The van der Waals surface area contributed by atoms with E-state index in [-0.39, 0.29) is 5.75 Å². The van der Waals surface area contributed by atoms with Gasteiger partial charge < -0.3 is 14.9 Å². The zero-order chi connectivity index (χ0) is 15.2. The molecule has 0 amide bonds. The van der Waals surface area contributed by atoms with E-state index in [0.29, 0.717) is 22.6 Å². The highest BCUT2D eigenvalue weighted by Crippen LogP contribution is 2.50. The lowest BCUT2D eigenvalue weighted by molar-refractivity contribution is 0.112. The molecule has 0 fully saturated rings. The Labute approximate surface area is 128 Å². The summed E-state index contributed by atoms with van der Waals surface area (Å²) in [5.41, 5.74) is 0.770. The number of hydrogen-bond acceptors (Lipinski definition) is 3.